The molecule has 0 saturated heterocycles. The third kappa shape index (κ3) is 14.1. The monoisotopic (exact) mass is 298 g/mol. The molecule has 0 fully saturated rings. The molecule has 0 aliphatic carbocycles. The van der Waals surface area contributed by atoms with Crippen LogP contribution in [0.5, 0.6) is 0 Å². The molecule has 118 valence electrons. The number of rotatable bonds is 11. The highest BCUT2D eigenvalue weighted by molar-refractivity contribution is 5.81. The molecule has 0 heterocycles. The Bertz CT molecular complexity index is 376. The summed E-state index contributed by atoms with van der Waals surface area (Å²) in [6.45, 7) is 2.80. The number of esters is 1. The zero-order valence-electron chi connectivity index (χ0n) is 12.3. The van der Waals surface area contributed by atoms with Crippen LogP contribution in [-0.2, 0) is 19.1 Å². The normalized spacial score (nSPS) is 9.95. The number of aliphatic imine (C=N–C) groups is 1. The molecule has 0 unspecified atom stereocenters. The molecule has 0 atom stereocenters. The van der Waals surface area contributed by atoms with E-state index in [-0.39, 0.29) is 13.2 Å². The average molecular weight is 298 g/mol. The Morgan fingerprint density at radius 1 is 1.14 bits per heavy atom. The molecular formula is C14H22N2O5. The SMILES string of the molecule is C/C=C/C(=O)OCCOC(=O)NCCCCCCN=C=O. The minimum atomic E-state index is -0.525. The highest BCUT2D eigenvalue weighted by Crippen LogP contribution is 1.98. The lowest BCUT2D eigenvalue weighted by Crippen LogP contribution is -2.26. The molecular weight excluding hydrogens is 276 g/mol. The van der Waals surface area contributed by atoms with E-state index in [9.17, 15) is 14.4 Å². The van der Waals surface area contributed by atoms with Crippen molar-refractivity contribution < 1.29 is 23.9 Å². The first kappa shape index (κ1) is 18.9. The number of isocyanates is 1. The summed E-state index contributed by atoms with van der Waals surface area (Å²) in [5.41, 5.74) is 0. The van der Waals surface area contributed by atoms with Gasteiger partial charge in [-0.15, -0.1) is 0 Å². The smallest absolute Gasteiger partial charge is 0.407 e. The number of nitrogens with zero attached hydrogens (tertiary/aromatic N) is 1. The van der Waals surface area contributed by atoms with Gasteiger partial charge in [0.1, 0.15) is 13.2 Å². The van der Waals surface area contributed by atoms with E-state index in [2.05, 4.69) is 10.3 Å². The predicted molar refractivity (Wildman–Crippen MR) is 76.6 cm³/mol. The second-order valence-corrected chi connectivity index (χ2v) is 4.12. The van der Waals surface area contributed by atoms with E-state index in [1.165, 1.54) is 12.2 Å². The molecule has 0 spiro atoms. The third-order valence-electron chi connectivity index (χ3n) is 2.39. The molecule has 0 aliphatic heterocycles. The summed E-state index contributed by atoms with van der Waals surface area (Å²) in [4.78, 5) is 35.4. The van der Waals surface area contributed by atoms with Gasteiger partial charge in [-0.05, 0) is 19.8 Å². The number of unbranched alkanes of at least 4 members (excludes halogenated alkanes) is 3. The maximum atomic E-state index is 11.2. The van der Waals surface area contributed by atoms with Crippen LogP contribution in [0.25, 0.3) is 0 Å². The fourth-order valence-corrected chi connectivity index (χ4v) is 1.42. The van der Waals surface area contributed by atoms with Crippen LogP contribution in [-0.4, -0.2) is 44.4 Å². The molecule has 0 bridgehead atoms. The minimum Gasteiger partial charge on any atom is -0.459 e. The predicted octanol–water partition coefficient (Wildman–Crippen LogP) is 1.73. The fraction of sp³-hybridized carbons (Fsp3) is 0.643. The van der Waals surface area contributed by atoms with E-state index < -0.39 is 12.1 Å². The number of ether oxygens (including phenoxy) is 2. The third-order valence-corrected chi connectivity index (χ3v) is 2.39. The molecule has 0 aromatic rings. The lowest BCUT2D eigenvalue weighted by atomic mass is 10.2. The van der Waals surface area contributed by atoms with E-state index in [1.54, 1.807) is 13.0 Å². The van der Waals surface area contributed by atoms with Gasteiger partial charge in [0.05, 0.1) is 6.54 Å². The number of carbonyl (C=O) groups is 2. The Morgan fingerprint density at radius 3 is 2.57 bits per heavy atom. The van der Waals surface area contributed by atoms with Gasteiger partial charge < -0.3 is 14.8 Å². The van der Waals surface area contributed by atoms with E-state index >= 15 is 0 Å². The van der Waals surface area contributed by atoms with Gasteiger partial charge in [-0.25, -0.2) is 19.4 Å². The van der Waals surface area contributed by atoms with Crippen molar-refractivity contribution in [3.8, 4) is 0 Å². The lowest BCUT2D eigenvalue weighted by Gasteiger charge is -2.07. The molecule has 0 saturated carbocycles. The van der Waals surface area contributed by atoms with Crippen LogP contribution in [0.2, 0.25) is 0 Å². The van der Waals surface area contributed by atoms with E-state index in [4.69, 9.17) is 9.47 Å². The van der Waals surface area contributed by atoms with Crippen LogP contribution in [0, 0.1) is 0 Å². The Balaban J connectivity index is 3.34. The van der Waals surface area contributed by atoms with Crippen LogP contribution >= 0.6 is 0 Å². The van der Waals surface area contributed by atoms with Gasteiger partial charge in [-0.3, -0.25) is 0 Å². The van der Waals surface area contributed by atoms with Crippen LogP contribution in [0.15, 0.2) is 17.1 Å². The highest BCUT2D eigenvalue weighted by Gasteiger charge is 2.02. The Labute approximate surface area is 124 Å². The summed E-state index contributed by atoms with van der Waals surface area (Å²) in [5, 5.41) is 2.60. The lowest BCUT2D eigenvalue weighted by molar-refractivity contribution is -0.138. The van der Waals surface area contributed by atoms with E-state index in [0.29, 0.717) is 13.1 Å². The van der Waals surface area contributed by atoms with Crippen molar-refractivity contribution in [3.63, 3.8) is 0 Å². The molecule has 1 amide bonds. The van der Waals surface area contributed by atoms with Crippen molar-refractivity contribution in [1.82, 2.24) is 5.32 Å². The Hall–Kier alpha value is -2.14. The fourth-order valence-electron chi connectivity index (χ4n) is 1.42. The number of nitrogens with one attached hydrogen (secondary N) is 1. The van der Waals surface area contributed by atoms with Gasteiger partial charge in [0.2, 0.25) is 6.08 Å². The summed E-state index contributed by atoms with van der Waals surface area (Å²) in [5.74, 6) is -0.458. The molecule has 0 rings (SSSR count). The molecule has 0 aliphatic rings. The van der Waals surface area contributed by atoms with Crippen molar-refractivity contribution in [2.75, 3.05) is 26.3 Å². The van der Waals surface area contributed by atoms with Crippen molar-refractivity contribution >= 4 is 18.1 Å². The largest absolute Gasteiger partial charge is 0.459 e. The minimum absolute atomic E-state index is 0.0266. The molecule has 0 aromatic carbocycles. The van der Waals surface area contributed by atoms with Gasteiger partial charge in [0.25, 0.3) is 0 Å². The van der Waals surface area contributed by atoms with Crippen molar-refractivity contribution in [2.45, 2.75) is 32.6 Å². The van der Waals surface area contributed by atoms with Crippen molar-refractivity contribution in [2.24, 2.45) is 4.99 Å². The van der Waals surface area contributed by atoms with Crippen LogP contribution in [0.3, 0.4) is 0 Å². The first-order chi connectivity index (χ1) is 10.2. The molecule has 0 radical (unpaired) electrons. The van der Waals surface area contributed by atoms with Gasteiger partial charge in [0.15, 0.2) is 0 Å². The van der Waals surface area contributed by atoms with Crippen LogP contribution in [0.4, 0.5) is 4.79 Å². The number of alkyl carbamates (subject to hydrolysis) is 1. The quantitative estimate of drug-likeness (QED) is 0.206. The van der Waals surface area contributed by atoms with E-state index in [1.807, 2.05) is 0 Å². The Kier molecular flexibility index (Phi) is 12.8. The molecule has 0 aromatic heterocycles. The second kappa shape index (κ2) is 14.3. The highest BCUT2D eigenvalue weighted by atomic mass is 16.6. The van der Waals surface area contributed by atoms with Crippen LogP contribution < -0.4 is 5.32 Å². The zero-order valence-corrected chi connectivity index (χ0v) is 12.3. The number of carbonyl (C=O) groups excluding carboxylic acids is 3. The maximum absolute atomic E-state index is 11.2. The number of hydrogen-bond donors (Lipinski definition) is 1. The van der Waals surface area contributed by atoms with E-state index in [0.717, 1.165) is 25.7 Å². The summed E-state index contributed by atoms with van der Waals surface area (Å²) < 4.78 is 9.58. The Morgan fingerprint density at radius 2 is 1.86 bits per heavy atom. The summed E-state index contributed by atoms with van der Waals surface area (Å²) in [6, 6.07) is 0. The van der Waals surface area contributed by atoms with Gasteiger partial charge in [-0.2, -0.15) is 0 Å². The average Bonchev–Trinajstić information content (AvgIpc) is 2.47. The van der Waals surface area contributed by atoms with Crippen molar-refractivity contribution in [1.29, 1.82) is 0 Å². The summed E-state index contributed by atoms with van der Waals surface area (Å²) in [6.07, 6.45) is 7.39. The number of allylic oxidation sites excluding steroid dienone is 1. The number of amides is 1. The topological polar surface area (TPSA) is 94.1 Å². The van der Waals surface area contributed by atoms with Crippen molar-refractivity contribution in [3.05, 3.63) is 12.2 Å². The zero-order chi connectivity index (χ0) is 15.8. The molecule has 1 N–H and O–H groups in total. The van der Waals surface area contributed by atoms with Gasteiger partial charge in [0, 0.05) is 12.6 Å². The standard InChI is InChI=1S/C14H22N2O5/c1-2-7-13(18)20-10-11-21-14(19)16-9-6-4-3-5-8-15-12-17/h2,7H,3-6,8-11H2,1H3,(H,16,19)/b7-2+. The summed E-state index contributed by atoms with van der Waals surface area (Å²) in [7, 11) is 0. The molecule has 7 heteroatoms. The molecule has 7 nitrogen and oxygen atoms in total. The molecule has 21 heavy (non-hydrogen) atoms. The van der Waals surface area contributed by atoms with Crippen LogP contribution in [0.1, 0.15) is 32.6 Å². The first-order valence-electron chi connectivity index (χ1n) is 6.94. The van der Waals surface area contributed by atoms with Gasteiger partial charge in [-0.1, -0.05) is 18.9 Å². The first-order valence-corrected chi connectivity index (χ1v) is 6.94. The maximum Gasteiger partial charge on any atom is 0.407 e. The number of hydrogen-bond acceptors (Lipinski definition) is 6. The summed E-state index contributed by atoms with van der Waals surface area (Å²) >= 11 is 0. The second-order valence-electron chi connectivity index (χ2n) is 4.12. The van der Waals surface area contributed by atoms with Gasteiger partial charge >= 0.3 is 12.1 Å².